The fraction of sp³-hybridized carbons (Fsp3) is 0.312. The fourth-order valence-corrected chi connectivity index (χ4v) is 2.26. The minimum absolute atomic E-state index is 0.0993. The van der Waals surface area contributed by atoms with E-state index in [9.17, 15) is 4.79 Å². The highest BCUT2D eigenvalue weighted by atomic mass is 16.3. The number of furan rings is 1. The Morgan fingerprint density at radius 3 is 2.50 bits per heavy atom. The molecule has 3 N–H and O–H groups in total. The molecule has 2 rings (SSSR count). The molecule has 0 aliphatic carbocycles. The first-order valence-electron chi connectivity index (χ1n) is 6.62. The van der Waals surface area contributed by atoms with E-state index < -0.39 is 0 Å². The average Bonchev–Trinajstić information content (AvgIpc) is 2.71. The summed E-state index contributed by atoms with van der Waals surface area (Å²) in [5.41, 5.74) is 8.97. The summed E-state index contributed by atoms with van der Waals surface area (Å²) in [4.78, 5) is 12.2. The highest BCUT2D eigenvalue weighted by molar-refractivity contribution is 5.95. The number of carbonyl (C=O) groups is 1. The molecule has 20 heavy (non-hydrogen) atoms. The third kappa shape index (κ3) is 2.85. The number of nitrogens with one attached hydrogen (secondary N) is 1. The van der Waals surface area contributed by atoms with Gasteiger partial charge in [-0.2, -0.15) is 0 Å². The third-order valence-corrected chi connectivity index (χ3v) is 3.43. The SMILES string of the molecule is Cc1cc(C(C)NC(=O)c2ccc(N)c(C)c2)c(C)o1. The number of hydrogen-bond donors (Lipinski definition) is 2. The summed E-state index contributed by atoms with van der Waals surface area (Å²) in [7, 11) is 0. The molecule has 1 atom stereocenters. The number of nitrogen functional groups attached to an aromatic ring is 1. The van der Waals surface area contributed by atoms with Crippen LogP contribution in [0.4, 0.5) is 5.69 Å². The van der Waals surface area contributed by atoms with E-state index in [1.165, 1.54) is 0 Å². The second-order valence-electron chi connectivity index (χ2n) is 5.14. The van der Waals surface area contributed by atoms with Crippen molar-refractivity contribution in [3.63, 3.8) is 0 Å². The summed E-state index contributed by atoms with van der Waals surface area (Å²) in [6.07, 6.45) is 0. The molecule has 2 aromatic rings. The number of hydrogen-bond acceptors (Lipinski definition) is 3. The second kappa shape index (κ2) is 5.41. The Hall–Kier alpha value is -2.23. The van der Waals surface area contributed by atoms with E-state index in [2.05, 4.69) is 5.32 Å². The summed E-state index contributed by atoms with van der Waals surface area (Å²) in [6.45, 7) is 7.63. The van der Waals surface area contributed by atoms with Gasteiger partial charge in [-0.15, -0.1) is 0 Å². The average molecular weight is 272 g/mol. The van der Waals surface area contributed by atoms with Crippen molar-refractivity contribution in [1.29, 1.82) is 0 Å². The standard InChI is InChI=1S/C16H20N2O2/c1-9-7-13(5-6-15(9)17)16(19)18-11(3)14-8-10(2)20-12(14)4/h5-8,11H,17H2,1-4H3,(H,18,19). The van der Waals surface area contributed by atoms with E-state index >= 15 is 0 Å². The van der Waals surface area contributed by atoms with Crippen molar-refractivity contribution < 1.29 is 9.21 Å². The van der Waals surface area contributed by atoms with Crippen LogP contribution in [0, 0.1) is 20.8 Å². The van der Waals surface area contributed by atoms with Crippen molar-refractivity contribution in [3.8, 4) is 0 Å². The number of benzene rings is 1. The van der Waals surface area contributed by atoms with E-state index in [0.29, 0.717) is 11.3 Å². The number of nitrogens with two attached hydrogens (primary N) is 1. The molecule has 0 aliphatic rings. The van der Waals surface area contributed by atoms with Gasteiger partial charge in [-0.3, -0.25) is 4.79 Å². The maximum atomic E-state index is 12.2. The van der Waals surface area contributed by atoms with Crippen LogP contribution in [0.2, 0.25) is 0 Å². The normalized spacial score (nSPS) is 12.2. The Labute approximate surface area is 119 Å². The zero-order chi connectivity index (χ0) is 14.9. The first kappa shape index (κ1) is 14.2. The quantitative estimate of drug-likeness (QED) is 0.842. The molecule has 4 heteroatoms. The predicted molar refractivity (Wildman–Crippen MR) is 79.7 cm³/mol. The highest BCUT2D eigenvalue weighted by Crippen LogP contribution is 2.22. The van der Waals surface area contributed by atoms with Gasteiger partial charge >= 0.3 is 0 Å². The predicted octanol–water partition coefficient (Wildman–Crippen LogP) is 3.28. The van der Waals surface area contributed by atoms with Crippen LogP contribution in [0.5, 0.6) is 0 Å². The molecular weight excluding hydrogens is 252 g/mol. The van der Waals surface area contributed by atoms with Crippen molar-refractivity contribution in [2.45, 2.75) is 33.7 Å². The summed E-state index contributed by atoms with van der Waals surface area (Å²) in [6, 6.07) is 7.14. The smallest absolute Gasteiger partial charge is 0.251 e. The number of amides is 1. The monoisotopic (exact) mass is 272 g/mol. The zero-order valence-corrected chi connectivity index (χ0v) is 12.3. The van der Waals surface area contributed by atoms with Gasteiger partial charge in [0.05, 0.1) is 6.04 Å². The molecule has 0 radical (unpaired) electrons. The van der Waals surface area contributed by atoms with Crippen molar-refractivity contribution in [2.75, 3.05) is 5.73 Å². The van der Waals surface area contributed by atoms with Crippen LogP contribution >= 0.6 is 0 Å². The Bertz CT molecular complexity index is 644. The Morgan fingerprint density at radius 1 is 1.25 bits per heavy atom. The Morgan fingerprint density at radius 2 is 1.95 bits per heavy atom. The third-order valence-electron chi connectivity index (χ3n) is 3.43. The minimum atomic E-state index is -0.112. The van der Waals surface area contributed by atoms with Gasteiger partial charge < -0.3 is 15.5 Å². The van der Waals surface area contributed by atoms with Gasteiger partial charge in [0.25, 0.3) is 5.91 Å². The number of aryl methyl sites for hydroxylation is 3. The van der Waals surface area contributed by atoms with E-state index in [1.54, 1.807) is 18.2 Å². The highest BCUT2D eigenvalue weighted by Gasteiger charge is 2.16. The second-order valence-corrected chi connectivity index (χ2v) is 5.14. The van der Waals surface area contributed by atoms with Crippen LogP contribution in [0.25, 0.3) is 0 Å². The van der Waals surface area contributed by atoms with Gasteiger partial charge in [-0.25, -0.2) is 0 Å². The molecular formula is C16H20N2O2. The van der Waals surface area contributed by atoms with Crippen molar-refractivity contribution in [3.05, 3.63) is 52.5 Å². The molecule has 0 saturated carbocycles. The maximum Gasteiger partial charge on any atom is 0.251 e. The van der Waals surface area contributed by atoms with Crippen LogP contribution < -0.4 is 11.1 Å². The van der Waals surface area contributed by atoms with Crippen LogP contribution in [0.3, 0.4) is 0 Å². The molecule has 1 amide bonds. The topological polar surface area (TPSA) is 68.3 Å². The zero-order valence-electron chi connectivity index (χ0n) is 12.3. The van der Waals surface area contributed by atoms with E-state index in [4.69, 9.17) is 10.2 Å². The van der Waals surface area contributed by atoms with Crippen molar-refractivity contribution in [1.82, 2.24) is 5.32 Å². The summed E-state index contributed by atoms with van der Waals surface area (Å²) in [5.74, 6) is 1.57. The molecule has 1 aromatic heterocycles. The Kier molecular flexibility index (Phi) is 3.84. The Balaban J connectivity index is 2.15. The lowest BCUT2D eigenvalue weighted by Gasteiger charge is -2.14. The molecule has 1 unspecified atom stereocenters. The molecule has 0 aliphatic heterocycles. The summed E-state index contributed by atoms with van der Waals surface area (Å²) in [5, 5.41) is 2.97. The van der Waals surface area contributed by atoms with Crippen LogP contribution in [0.1, 0.15) is 46.0 Å². The van der Waals surface area contributed by atoms with Gasteiger partial charge in [0.1, 0.15) is 11.5 Å². The first-order valence-corrected chi connectivity index (χ1v) is 6.62. The largest absolute Gasteiger partial charge is 0.466 e. The molecule has 0 spiro atoms. The van der Waals surface area contributed by atoms with Crippen molar-refractivity contribution in [2.24, 2.45) is 0 Å². The molecule has 106 valence electrons. The van der Waals surface area contributed by atoms with Gasteiger partial charge in [0.2, 0.25) is 0 Å². The van der Waals surface area contributed by atoms with Gasteiger partial charge in [-0.05, 0) is 57.5 Å². The molecule has 0 bridgehead atoms. The van der Waals surface area contributed by atoms with E-state index in [0.717, 1.165) is 22.6 Å². The van der Waals surface area contributed by atoms with Crippen LogP contribution in [0.15, 0.2) is 28.7 Å². The van der Waals surface area contributed by atoms with Crippen molar-refractivity contribution >= 4 is 11.6 Å². The number of anilines is 1. The van der Waals surface area contributed by atoms with Crippen LogP contribution in [-0.4, -0.2) is 5.91 Å². The first-order chi connectivity index (χ1) is 9.38. The number of carbonyl (C=O) groups excluding carboxylic acids is 1. The van der Waals surface area contributed by atoms with Gasteiger partial charge in [0.15, 0.2) is 0 Å². The lowest BCUT2D eigenvalue weighted by molar-refractivity contribution is 0.0939. The summed E-state index contributed by atoms with van der Waals surface area (Å²) >= 11 is 0. The summed E-state index contributed by atoms with van der Waals surface area (Å²) < 4.78 is 5.49. The van der Waals surface area contributed by atoms with E-state index in [1.807, 2.05) is 33.8 Å². The maximum absolute atomic E-state index is 12.2. The van der Waals surface area contributed by atoms with Gasteiger partial charge in [-0.1, -0.05) is 0 Å². The van der Waals surface area contributed by atoms with Gasteiger partial charge in [0, 0.05) is 16.8 Å². The van der Waals surface area contributed by atoms with E-state index in [-0.39, 0.29) is 11.9 Å². The number of rotatable bonds is 3. The fourth-order valence-electron chi connectivity index (χ4n) is 2.26. The molecule has 0 fully saturated rings. The molecule has 1 heterocycles. The van der Waals surface area contributed by atoms with Crippen LogP contribution in [-0.2, 0) is 0 Å². The molecule has 1 aromatic carbocycles. The lowest BCUT2D eigenvalue weighted by Crippen LogP contribution is -2.26. The molecule has 0 saturated heterocycles. The lowest BCUT2D eigenvalue weighted by atomic mass is 10.1. The minimum Gasteiger partial charge on any atom is -0.466 e. The molecule has 4 nitrogen and oxygen atoms in total.